The third-order valence-corrected chi connectivity index (χ3v) is 6.08. The van der Waals surface area contributed by atoms with Gasteiger partial charge in [0.05, 0.1) is 21.2 Å². The number of anilines is 2. The summed E-state index contributed by atoms with van der Waals surface area (Å²) in [5, 5.41) is 13.5. The molecule has 0 bridgehead atoms. The zero-order valence-electron chi connectivity index (χ0n) is 18.1. The molecule has 0 unspecified atom stereocenters. The quantitative estimate of drug-likeness (QED) is 0.584. The van der Waals surface area contributed by atoms with Crippen LogP contribution in [0.5, 0.6) is 0 Å². The lowest BCUT2D eigenvalue weighted by Crippen LogP contribution is -2.47. The number of carbonyl (C=O) groups is 2. The first kappa shape index (κ1) is 22.4. The van der Waals surface area contributed by atoms with Crippen LogP contribution >= 0.6 is 15.9 Å². The van der Waals surface area contributed by atoms with E-state index in [1.807, 2.05) is 34.6 Å². The van der Waals surface area contributed by atoms with Crippen LogP contribution in [0.25, 0.3) is 11.0 Å². The lowest BCUT2D eigenvalue weighted by molar-refractivity contribution is -0.118. The van der Waals surface area contributed by atoms with E-state index in [0.29, 0.717) is 17.9 Å². The van der Waals surface area contributed by atoms with Crippen molar-refractivity contribution in [1.29, 1.82) is 0 Å². The molecule has 3 rings (SSSR count). The molecule has 1 saturated heterocycles. The number of nitrogens with one attached hydrogen (secondary N) is 2. The summed E-state index contributed by atoms with van der Waals surface area (Å²) in [6.45, 7) is 11.5. The summed E-state index contributed by atoms with van der Waals surface area (Å²) in [7, 11) is 0. The maximum Gasteiger partial charge on any atom is 0.407 e. The first-order valence-electron chi connectivity index (χ1n) is 10.2. The van der Waals surface area contributed by atoms with Gasteiger partial charge < -0.3 is 25.2 Å². The molecule has 0 spiro atoms. The number of carboxylic acid groups (broad SMARTS) is 1. The Kier molecular flexibility index (Phi) is 6.31. The van der Waals surface area contributed by atoms with E-state index < -0.39 is 11.6 Å². The number of hydrogen-bond donors (Lipinski definition) is 3. The average Bonchev–Trinajstić information content (AvgIpc) is 3.26. The van der Waals surface area contributed by atoms with Crippen molar-refractivity contribution in [3.63, 3.8) is 0 Å². The Morgan fingerprint density at radius 1 is 1.43 bits per heavy atom. The number of amides is 2. The number of hydrogen-bond acceptors (Lipinski definition) is 4. The van der Waals surface area contributed by atoms with Gasteiger partial charge in [-0.05, 0) is 49.0 Å². The predicted molar refractivity (Wildman–Crippen MR) is 122 cm³/mol. The summed E-state index contributed by atoms with van der Waals surface area (Å²) in [6.07, 6.45) is 3.54. The molecule has 2 aromatic rings. The number of carbonyl (C=O) groups excluding carboxylic acids is 1. The molecule has 1 aliphatic rings. The molecule has 164 valence electrons. The fourth-order valence-electron chi connectivity index (χ4n) is 3.82. The first-order chi connectivity index (χ1) is 14.0. The van der Waals surface area contributed by atoms with Crippen molar-refractivity contribution in [2.45, 2.75) is 46.6 Å². The minimum Gasteiger partial charge on any atom is -0.465 e. The second-order valence-electron chi connectivity index (χ2n) is 9.19. The molecule has 0 radical (unpaired) electrons. The Hall–Kier alpha value is -2.29. The summed E-state index contributed by atoms with van der Waals surface area (Å²) in [5.41, 5.74) is 1.94. The van der Waals surface area contributed by atoms with E-state index >= 15 is 0 Å². The highest BCUT2D eigenvalue weighted by atomic mass is 79.9. The molecule has 0 saturated carbocycles. The Labute approximate surface area is 185 Å². The van der Waals surface area contributed by atoms with Crippen LogP contribution in [0.15, 0.2) is 16.9 Å². The fraction of sp³-hybridized carbons (Fsp3) is 0.571. The molecule has 3 N–H and O–H groups in total. The minimum absolute atomic E-state index is 0.0524. The van der Waals surface area contributed by atoms with E-state index in [1.54, 1.807) is 12.4 Å². The van der Waals surface area contributed by atoms with Gasteiger partial charge in [0.25, 0.3) is 0 Å². The highest BCUT2D eigenvalue weighted by molar-refractivity contribution is 9.10. The molecule has 0 aliphatic carbocycles. The second kappa shape index (κ2) is 8.45. The van der Waals surface area contributed by atoms with Gasteiger partial charge in [-0.1, -0.05) is 13.8 Å². The average molecular weight is 480 g/mol. The number of aromatic nitrogens is 2. The van der Waals surface area contributed by atoms with Crippen molar-refractivity contribution in [3.8, 4) is 0 Å². The zero-order chi connectivity index (χ0) is 22.2. The smallest absolute Gasteiger partial charge is 0.407 e. The molecular formula is C21H30BrN5O3. The standard InChI is InChI=1S/C21H30BrN5O3/c1-12(2)19(28)25-15-9-24-18-16(15)17(14(22)8-23-18)26-7-6-13(10-26)11-27(20(29)30)21(3,4)5/h8-9,12-13H,6-7,10-11H2,1-5H3,(H,23,24)(H,25,28)(H,29,30)/t13-/m1/s1. The normalized spacial score (nSPS) is 17.0. The Bertz CT molecular complexity index is 950. The van der Waals surface area contributed by atoms with E-state index in [-0.39, 0.29) is 17.7 Å². The first-order valence-corrected chi connectivity index (χ1v) is 11.0. The molecule has 1 fully saturated rings. The van der Waals surface area contributed by atoms with Crippen LogP contribution in [-0.2, 0) is 4.79 Å². The van der Waals surface area contributed by atoms with Crippen LogP contribution in [-0.4, -0.2) is 57.1 Å². The zero-order valence-corrected chi connectivity index (χ0v) is 19.7. The number of rotatable bonds is 5. The molecule has 2 aromatic heterocycles. The fourth-order valence-corrected chi connectivity index (χ4v) is 4.37. The molecule has 0 aromatic carbocycles. The largest absolute Gasteiger partial charge is 0.465 e. The number of nitrogens with zero attached hydrogens (tertiary/aromatic N) is 3. The van der Waals surface area contributed by atoms with Crippen molar-refractivity contribution in [2.24, 2.45) is 11.8 Å². The summed E-state index contributed by atoms with van der Waals surface area (Å²) in [6, 6.07) is 0. The molecule has 9 heteroatoms. The van der Waals surface area contributed by atoms with Crippen LogP contribution in [0.2, 0.25) is 0 Å². The highest BCUT2D eigenvalue weighted by Crippen LogP contribution is 2.40. The third kappa shape index (κ3) is 4.55. The van der Waals surface area contributed by atoms with Crippen LogP contribution in [0.1, 0.15) is 41.0 Å². The Balaban J connectivity index is 1.88. The molecule has 1 atom stereocenters. The van der Waals surface area contributed by atoms with Gasteiger partial charge in [0.2, 0.25) is 5.91 Å². The lowest BCUT2D eigenvalue weighted by atomic mass is 10.0. The van der Waals surface area contributed by atoms with Gasteiger partial charge in [0, 0.05) is 43.5 Å². The maximum absolute atomic E-state index is 12.3. The third-order valence-electron chi connectivity index (χ3n) is 5.50. The minimum atomic E-state index is -0.891. The highest BCUT2D eigenvalue weighted by Gasteiger charge is 2.33. The van der Waals surface area contributed by atoms with Crippen molar-refractivity contribution in [3.05, 3.63) is 16.9 Å². The summed E-state index contributed by atoms with van der Waals surface area (Å²) >= 11 is 3.63. The van der Waals surface area contributed by atoms with Gasteiger partial charge in [-0.2, -0.15) is 0 Å². The molecular weight excluding hydrogens is 450 g/mol. The summed E-state index contributed by atoms with van der Waals surface area (Å²) in [4.78, 5) is 35.4. The number of aromatic amines is 1. The Morgan fingerprint density at radius 2 is 2.13 bits per heavy atom. The SMILES string of the molecule is CC(C)C(=O)Nc1c[nH]c2ncc(Br)c(N3CC[C@@H](CN(C(=O)O)C(C)(C)C)C3)c12. The number of halogens is 1. The van der Waals surface area contributed by atoms with Crippen molar-refractivity contribution in [2.75, 3.05) is 29.9 Å². The number of pyridine rings is 1. The topological polar surface area (TPSA) is 102 Å². The van der Waals surface area contributed by atoms with E-state index in [0.717, 1.165) is 35.1 Å². The molecule has 3 heterocycles. The van der Waals surface area contributed by atoms with E-state index in [9.17, 15) is 14.7 Å². The van der Waals surface area contributed by atoms with E-state index in [1.165, 1.54) is 4.90 Å². The Morgan fingerprint density at radius 3 is 2.73 bits per heavy atom. The van der Waals surface area contributed by atoms with Crippen LogP contribution in [0, 0.1) is 11.8 Å². The van der Waals surface area contributed by atoms with Crippen LogP contribution in [0.3, 0.4) is 0 Å². The predicted octanol–water partition coefficient (Wildman–Crippen LogP) is 4.52. The monoisotopic (exact) mass is 479 g/mol. The van der Waals surface area contributed by atoms with Crippen LogP contribution < -0.4 is 10.2 Å². The number of H-pyrrole nitrogens is 1. The lowest BCUT2D eigenvalue weighted by Gasteiger charge is -2.35. The van der Waals surface area contributed by atoms with E-state index in [2.05, 4.69) is 36.1 Å². The summed E-state index contributed by atoms with van der Waals surface area (Å²) in [5.74, 6) is 0.0422. The van der Waals surface area contributed by atoms with Gasteiger partial charge in [-0.3, -0.25) is 4.79 Å². The number of fused-ring (bicyclic) bond motifs is 1. The molecule has 30 heavy (non-hydrogen) atoms. The van der Waals surface area contributed by atoms with Crippen molar-refractivity contribution < 1.29 is 14.7 Å². The van der Waals surface area contributed by atoms with Crippen molar-refractivity contribution >= 4 is 50.3 Å². The van der Waals surface area contributed by atoms with Crippen molar-refractivity contribution in [1.82, 2.24) is 14.9 Å². The molecule has 2 amide bonds. The van der Waals surface area contributed by atoms with Gasteiger partial charge in [0.15, 0.2) is 0 Å². The maximum atomic E-state index is 12.3. The van der Waals surface area contributed by atoms with Gasteiger partial charge >= 0.3 is 6.09 Å². The van der Waals surface area contributed by atoms with Gasteiger partial charge in [0.1, 0.15) is 5.65 Å². The summed E-state index contributed by atoms with van der Waals surface area (Å²) < 4.78 is 0.848. The molecule has 8 nitrogen and oxygen atoms in total. The second-order valence-corrected chi connectivity index (χ2v) is 10.0. The van der Waals surface area contributed by atoms with Gasteiger partial charge in [-0.25, -0.2) is 9.78 Å². The molecule has 1 aliphatic heterocycles. The van der Waals surface area contributed by atoms with Crippen LogP contribution in [0.4, 0.5) is 16.2 Å². The van der Waals surface area contributed by atoms with Gasteiger partial charge in [-0.15, -0.1) is 0 Å². The van der Waals surface area contributed by atoms with E-state index in [4.69, 9.17) is 0 Å².